The lowest BCUT2D eigenvalue weighted by atomic mass is 10.4. The molecule has 9 heavy (non-hydrogen) atoms. The first-order valence-corrected chi connectivity index (χ1v) is 3.07. The monoisotopic (exact) mass is 129 g/mol. The fraction of sp³-hybridized carbons (Fsp3) is 0.833. The van der Waals surface area contributed by atoms with Crippen LogP contribution in [0.2, 0.25) is 0 Å². The minimum absolute atomic E-state index is 0.327. The molecule has 2 N–H and O–H groups in total. The SMILES string of the molecule is CN=C(C)N(N)C(C)C. The molecule has 0 bridgehead atoms. The van der Waals surface area contributed by atoms with Crippen LogP contribution in [0.25, 0.3) is 0 Å². The van der Waals surface area contributed by atoms with Crippen molar-refractivity contribution in [3.05, 3.63) is 0 Å². The van der Waals surface area contributed by atoms with Gasteiger partial charge in [0.25, 0.3) is 0 Å². The smallest absolute Gasteiger partial charge is 0.110 e. The average molecular weight is 129 g/mol. The molecule has 0 aliphatic rings. The Kier molecular flexibility index (Phi) is 3.24. The molecule has 0 unspecified atom stereocenters. The average Bonchev–Trinajstić information content (AvgIpc) is 1.84. The first-order chi connectivity index (χ1) is 4.09. The quantitative estimate of drug-likeness (QED) is 0.244. The molecule has 0 saturated carbocycles. The van der Waals surface area contributed by atoms with Gasteiger partial charge in [0.15, 0.2) is 0 Å². The van der Waals surface area contributed by atoms with Crippen LogP contribution in [-0.2, 0) is 0 Å². The van der Waals surface area contributed by atoms with Crippen LogP contribution in [0.4, 0.5) is 0 Å². The van der Waals surface area contributed by atoms with E-state index in [9.17, 15) is 0 Å². The van der Waals surface area contributed by atoms with Crippen molar-refractivity contribution < 1.29 is 0 Å². The minimum Gasteiger partial charge on any atom is -0.296 e. The number of hydrogen-bond donors (Lipinski definition) is 1. The van der Waals surface area contributed by atoms with E-state index >= 15 is 0 Å². The molecule has 0 rings (SSSR count). The van der Waals surface area contributed by atoms with Gasteiger partial charge in [-0.1, -0.05) is 0 Å². The van der Waals surface area contributed by atoms with Crippen molar-refractivity contribution in [3.63, 3.8) is 0 Å². The zero-order valence-corrected chi connectivity index (χ0v) is 6.55. The molecule has 0 fully saturated rings. The summed E-state index contributed by atoms with van der Waals surface area (Å²) in [6.45, 7) is 5.93. The highest BCUT2D eigenvalue weighted by atomic mass is 15.4. The van der Waals surface area contributed by atoms with Crippen LogP contribution in [0.15, 0.2) is 4.99 Å². The molecule has 0 aromatic rings. The Morgan fingerprint density at radius 3 is 2.11 bits per heavy atom. The molecule has 0 aromatic carbocycles. The first kappa shape index (κ1) is 8.43. The highest BCUT2D eigenvalue weighted by Crippen LogP contribution is 1.90. The van der Waals surface area contributed by atoms with Gasteiger partial charge in [-0.3, -0.25) is 10.0 Å². The van der Waals surface area contributed by atoms with Gasteiger partial charge in [-0.05, 0) is 20.8 Å². The molecule has 3 nitrogen and oxygen atoms in total. The Morgan fingerprint density at radius 2 is 2.00 bits per heavy atom. The summed E-state index contributed by atoms with van der Waals surface area (Å²) in [7, 11) is 1.73. The van der Waals surface area contributed by atoms with Crippen LogP contribution >= 0.6 is 0 Å². The number of rotatable bonds is 1. The number of amidine groups is 1. The Bertz CT molecular complexity index is 107. The summed E-state index contributed by atoms with van der Waals surface area (Å²) in [6.07, 6.45) is 0. The molecule has 0 saturated heterocycles. The molecule has 0 radical (unpaired) electrons. The Labute approximate surface area is 56.5 Å². The molecule has 0 spiro atoms. The molecule has 0 atom stereocenters. The number of nitrogens with zero attached hydrogens (tertiary/aromatic N) is 2. The van der Waals surface area contributed by atoms with Gasteiger partial charge in [-0.2, -0.15) is 0 Å². The lowest BCUT2D eigenvalue weighted by Gasteiger charge is -2.21. The van der Waals surface area contributed by atoms with E-state index in [1.54, 1.807) is 12.1 Å². The van der Waals surface area contributed by atoms with Gasteiger partial charge in [-0.25, -0.2) is 5.84 Å². The van der Waals surface area contributed by atoms with Gasteiger partial charge in [0, 0.05) is 13.1 Å². The van der Waals surface area contributed by atoms with Gasteiger partial charge in [0.05, 0.1) is 0 Å². The topological polar surface area (TPSA) is 41.6 Å². The van der Waals surface area contributed by atoms with E-state index in [4.69, 9.17) is 5.84 Å². The van der Waals surface area contributed by atoms with Crippen molar-refractivity contribution in [1.29, 1.82) is 0 Å². The number of nitrogens with two attached hydrogens (primary N) is 1. The van der Waals surface area contributed by atoms with Gasteiger partial charge >= 0.3 is 0 Å². The number of hydrogen-bond acceptors (Lipinski definition) is 2. The van der Waals surface area contributed by atoms with Gasteiger partial charge in [0.2, 0.25) is 0 Å². The fourth-order valence-electron chi connectivity index (χ4n) is 0.489. The maximum atomic E-state index is 5.57. The van der Waals surface area contributed by atoms with Gasteiger partial charge in [0.1, 0.15) is 5.84 Å². The predicted octanol–water partition coefficient (Wildman–Crippen LogP) is 0.619. The lowest BCUT2D eigenvalue weighted by Crippen LogP contribution is -2.41. The highest BCUT2D eigenvalue weighted by molar-refractivity contribution is 5.79. The third-order valence-electron chi connectivity index (χ3n) is 1.25. The van der Waals surface area contributed by atoms with Crippen LogP contribution in [0.1, 0.15) is 20.8 Å². The van der Waals surface area contributed by atoms with Gasteiger partial charge < -0.3 is 0 Å². The Balaban J connectivity index is 3.88. The molecule has 0 amide bonds. The van der Waals surface area contributed by atoms with Crippen LogP contribution in [0.3, 0.4) is 0 Å². The van der Waals surface area contributed by atoms with Crippen molar-refractivity contribution >= 4 is 5.84 Å². The molecular formula is C6H15N3. The third-order valence-corrected chi connectivity index (χ3v) is 1.25. The summed E-state index contributed by atoms with van der Waals surface area (Å²) in [5.74, 6) is 6.44. The highest BCUT2D eigenvalue weighted by Gasteiger charge is 2.02. The standard InChI is InChI=1S/C6H15N3/c1-5(2)9(7)6(3)8-4/h5H,7H2,1-4H3. The summed E-state index contributed by atoms with van der Waals surface area (Å²) >= 11 is 0. The van der Waals surface area contributed by atoms with Crippen molar-refractivity contribution in [2.24, 2.45) is 10.8 Å². The van der Waals surface area contributed by atoms with E-state index < -0.39 is 0 Å². The Hall–Kier alpha value is -0.570. The molecule has 0 aliphatic carbocycles. The Morgan fingerprint density at radius 1 is 1.56 bits per heavy atom. The number of hydrazine groups is 1. The second-order valence-corrected chi connectivity index (χ2v) is 2.27. The van der Waals surface area contributed by atoms with E-state index in [0.29, 0.717) is 6.04 Å². The molecule has 3 heteroatoms. The largest absolute Gasteiger partial charge is 0.296 e. The summed E-state index contributed by atoms with van der Waals surface area (Å²) < 4.78 is 0. The van der Waals surface area contributed by atoms with E-state index in [0.717, 1.165) is 5.84 Å². The zero-order chi connectivity index (χ0) is 7.44. The molecule has 0 heterocycles. The lowest BCUT2D eigenvalue weighted by molar-refractivity contribution is 0.361. The second kappa shape index (κ2) is 3.45. The summed E-state index contributed by atoms with van der Waals surface area (Å²) in [5.41, 5.74) is 0. The van der Waals surface area contributed by atoms with Crippen molar-refractivity contribution in [2.75, 3.05) is 7.05 Å². The van der Waals surface area contributed by atoms with Crippen LogP contribution in [0, 0.1) is 0 Å². The summed E-state index contributed by atoms with van der Waals surface area (Å²) in [5, 5.41) is 1.64. The number of aliphatic imine (C=N–C) groups is 1. The maximum Gasteiger partial charge on any atom is 0.110 e. The minimum atomic E-state index is 0.327. The predicted molar refractivity (Wildman–Crippen MR) is 40.2 cm³/mol. The van der Waals surface area contributed by atoms with Gasteiger partial charge in [-0.15, -0.1) is 0 Å². The normalized spacial score (nSPS) is 12.4. The van der Waals surface area contributed by atoms with E-state index in [-0.39, 0.29) is 0 Å². The molecule has 54 valence electrons. The van der Waals surface area contributed by atoms with Crippen molar-refractivity contribution in [3.8, 4) is 0 Å². The molecule has 0 aromatic heterocycles. The molecular weight excluding hydrogens is 114 g/mol. The van der Waals surface area contributed by atoms with Crippen molar-refractivity contribution in [1.82, 2.24) is 5.01 Å². The second-order valence-electron chi connectivity index (χ2n) is 2.27. The van der Waals surface area contributed by atoms with E-state index in [1.165, 1.54) is 0 Å². The van der Waals surface area contributed by atoms with Crippen LogP contribution < -0.4 is 5.84 Å². The first-order valence-electron chi connectivity index (χ1n) is 3.07. The summed E-state index contributed by atoms with van der Waals surface area (Å²) in [4.78, 5) is 3.93. The fourth-order valence-corrected chi connectivity index (χ4v) is 0.489. The molecule has 0 aliphatic heterocycles. The maximum absolute atomic E-state index is 5.57. The zero-order valence-electron chi connectivity index (χ0n) is 6.55. The van der Waals surface area contributed by atoms with Crippen LogP contribution in [0.5, 0.6) is 0 Å². The summed E-state index contributed by atoms with van der Waals surface area (Å²) in [6, 6.07) is 0.327. The van der Waals surface area contributed by atoms with Crippen molar-refractivity contribution in [2.45, 2.75) is 26.8 Å². The van der Waals surface area contributed by atoms with Crippen LogP contribution in [-0.4, -0.2) is 23.9 Å². The van der Waals surface area contributed by atoms with E-state index in [1.807, 2.05) is 20.8 Å². The third kappa shape index (κ3) is 2.46. The van der Waals surface area contributed by atoms with E-state index in [2.05, 4.69) is 4.99 Å².